The first-order valence-electron chi connectivity index (χ1n) is 7.59. The molecule has 0 saturated carbocycles. The van der Waals surface area contributed by atoms with Crippen molar-refractivity contribution in [3.63, 3.8) is 0 Å². The van der Waals surface area contributed by atoms with Crippen molar-refractivity contribution in [3.05, 3.63) is 35.4 Å². The van der Waals surface area contributed by atoms with E-state index in [2.05, 4.69) is 22.1 Å². The first-order valence-corrected chi connectivity index (χ1v) is 7.59. The van der Waals surface area contributed by atoms with E-state index in [-0.39, 0.29) is 11.9 Å². The molecule has 1 unspecified atom stereocenters. The standard InChI is InChI=1S/C17H21N3O/c18-9-3-5-13-4-1-2-6-15(13)17(21)19-16-12-20-10-7-14(16)8-11-20/h1-2,4,6,14,16H,7-12,18H2,(H,19,21). The monoisotopic (exact) mass is 283 g/mol. The maximum atomic E-state index is 12.5. The van der Waals surface area contributed by atoms with Crippen LogP contribution < -0.4 is 11.1 Å². The second-order valence-electron chi connectivity index (χ2n) is 5.77. The summed E-state index contributed by atoms with van der Waals surface area (Å²) in [5.74, 6) is 6.41. The van der Waals surface area contributed by atoms with Gasteiger partial charge in [-0.25, -0.2) is 0 Å². The first kappa shape index (κ1) is 14.1. The van der Waals surface area contributed by atoms with E-state index in [1.165, 1.54) is 25.9 Å². The van der Waals surface area contributed by atoms with Gasteiger partial charge in [0.25, 0.3) is 5.91 Å². The average Bonchev–Trinajstić information content (AvgIpc) is 2.54. The molecule has 4 rings (SSSR count). The number of hydrogen-bond acceptors (Lipinski definition) is 3. The van der Waals surface area contributed by atoms with Gasteiger partial charge in [0.1, 0.15) is 0 Å². The van der Waals surface area contributed by atoms with E-state index in [9.17, 15) is 4.79 Å². The lowest BCUT2D eigenvalue weighted by molar-refractivity contribution is 0.0620. The summed E-state index contributed by atoms with van der Waals surface area (Å²) in [4.78, 5) is 15.0. The molecule has 21 heavy (non-hydrogen) atoms. The van der Waals surface area contributed by atoms with Crippen LogP contribution in [0.15, 0.2) is 24.3 Å². The molecule has 3 heterocycles. The van der Waals surface area contributed by atoms with Crippen LogP contribution >= 0.6 is 0 Å². The fraction of sp³-hybridized carbons (Fsp3) is 0.471. The third-order valence-electron chi connectivity index (χ3n) is 4.47. The molecular weight excluding hydrogens is 262 g/mol. The van der Waals surface area contributed by atoms with Crippen molar-refractivity contribution in [3.8, 4) is 11.8 Å². The summed E-state index contributed by atoms with van der Waals surface area (Å²) in [5.41, 5.74) is 6.81. The Bertz CT molecular complexity index is 579. The summed E-state index contributed by atoms with van der Waals surface area (Å²) >= 11 is 0. The summed E-state index contributed by atoms with van der Waals surface area (Å²) in [6.45, 7) is 3.63. The number of benzene rings is 1. The van der Waals surface area contributed by atoms with Gasteiger partial charge in [-0.1, -0.05) is 24.0 Å². The van der Waals surface area contributed by atoms with E-state index in [1.54, 1.807) is 0 Å². The Morgan fingerprint density at radius 1 is 1.33 bits per heavy atom. The Kier molecular flexibility index (Phi) is 4.23. The van der Waals surface area contributed by atoms with Gasteiger partial charge in [-0.05, 0) is 44.0 Å². The third-order valence-corrected chi connectivity index (χ3v) is 4.47. The van der Waals surface area contributed by atoms with E-state index in [1.807, 2.05) is 24.3 Å². The lowest BCUT2D eigenvalue weighted by atomic mass is 9.84. The van der Waals surface area contributed by atoms with Crippen molar-refractivity contribution in [2.45, 2.75) is 18.9 Å². The lowest BCUT2D eigenvalue weighted by Gasteiger charge is -2.44. The van der Waals surface area contributed by atoms with Crippen LogP contribution in [0.4, 0.5) is 0 Å². The van der Waals surface area contributed by atoms with Gasteiger partial charge < -0.3 is 16.0 Å². The number of amides is 1. The molecule has 1 aromatic rings. The van der Waals surface area contributed by atoms with Crippen LogP contribution in [-0.2, 0) is 0 Å². The first-order chi connectivity index (χ1) is 10.3. The number of piperidine rings is 3. The van der Waals surface area contributed by atoms with Gasteiger partial charge >= 0.3 is 0 Å². The van der Waals surface area contributed by atoms with Crippen molar-refractivity contribution in [1.82, 2.24) is 10.2 Å². The van der Waals surface area contributed by atoms with E-state index in [0.29, 0.717) is 18.0 Å². The summed E-state index contributed by atoms with van der Waals surface area (Å²) in [6.07, 6.45) is 2.39. The molecule has 3 fully saturated rings. The van der Waals surface area contributed by atoms with E-state index in [4.69, 9.17) is 5.73 Å². The highest BCUT2D eigenvalue weighted by atomic mass is 16.1. The van der Waals surface area contributed by atoms with Crippen LogP contribution in [0.5, 0.6) is 0 Å². The van der Waals surface area contributed by atoms with Gasteiger partial charge in [0.15, 0.2) is 0 Å². The molecular formula is C17H21N3O. The van der Waals surface area contributed by atoms with E-state index >= 15 is 0 Å². The number of carbonyl (C=O) groups excluding carboxylic acids is 1. The second kappa shape index (κ2) is 6.30. The highest BCUT2D eigenvalue weighted by Gasteiger charge is 2.35. The van der Waals surface area contributed by atoms with Crippen molar-refractivity contribution in [2.24, 2.45) is 11.7 Å². The van der Waals surface area contributed by atoms with Crippen LogP contribution in [0.1, 0.15) is 28.8 Å². The summed E-state index contributed by atoms with van der Waals surface area (Å²) in [6, 6.07) is 7.74. The summed E-state index contributed by atoms with van der Waals surface area (Å²) in [5, 5.41) is 3.20. The van der Waals surface area contributed by atoms with Gasteiger partial charge in [0, 0.05) is 18.2 Å². The van der Waals surface area contributed by atoms with Crippen LogP contribution in [0.3, 0.4) is 0 Å². The number of nitrogens with zero attached hydrogens (tertiary/aromatic N) is 1. The predicted octanol–water partition coefficient (Wildman–Crippen LogP) is 0.821. The molecule has 0 aromatic heterocycles. The van der Waals surface area contributed by atoms with Crippen LogP contribution in [0.25, 0.3) is 0 Å². The van der Waals surface area contributed by atoms with Crippen LogP contribution in [0.2, 0.25) is 0 Å². The van der Waals surface area contributed by atoms with Gasteiger partial charge in [-0.2, -0.15) is 0 Å². The Hall–Kier alpha value is -1.83. The Labute approximate surface area is 125 Å². The smallest absolute Gasteiger partial charge is 0.252 e. The molecule has 0 aliphatic carbocycles. The van der Waals surface area contributed by atoms with Gasteiger partial charge in [0.05, 0.1) is 12.1 Å². The highest BCUT2D eigenvalue weighted by molar-refractivity contribution is 5.97. The Balaban J connectivity index is 1.74. The van der Waals surface area contributed by atoms with Crippen molar-refractivity contribution < 1.29 is 4.79 Å². The lowest BCUT2D eigenvalue weighted by Crippen LogP contribution is -2.57. The Morgan fingerprint density at radius 2 is 2.10 bits per heavy atom. The van der Waals surface area contributed by atoms with Gasteiger partial charge in [0.2, 0.25) is 0 Å². The van der Waals surface area contributed by atoms with Gasteiger partial charge in [-0.15, -0.1) is 0 Å². The zero-order chi connectivity index (χ0) is 14.7. The quantitative estimate of drug-likeness (QED) is 0.790. The molecule has 3 N–H and O–H groups in total. The molecule has 3 saturated heterocycles. The predicted molar refractivity (Wildman–Crippen MR) is 82.8 cm³/mol. The number of carbonyl (C=O) groups is 1. The number of hydrogen-bond donors (Lipinski definition) is 2. The second-order valence-corrected chi connectivity index (χ2v) is 5.77. The normalized spacial score (nSPS) is 26.8. The van der Waals surface area contributed by atoms with E-state index in [0.717, 1.165) is 12.1 Å². The minimum atomic E-state index is -0.0179. The highest BCUT2D eigenvalue weighted by Crippen LogP contribution is 2.27. The van der Waals surface area contributed by atoms with Crippen LogP contribution in [0, 0.1) is 17.8 Å². The summed E-state index contributed by atoms with van der Waals surface area (Å²) < 4.78 is 0. The maximum absolute atomic E-state index is 12.5. The molecule has 4 nitrogen and oxygen atoms in total. The fourth-order valence-electron chi connectivity index (χ4n) is 3.31. The zero-order valence-electron chi connectivity index (χ0n) is 12.1. The number of nitrogens with two attached hydrogens (primary N) is 1. The maximum Gasteiger partial charge on any atom is 0.252 e. The molecule has 1 amide bonds. The topological polar surface area (TPSA) is 58.4 Å². The van der Waals surface area contributed by atoms with Crippen LogP contribution in [-0.4, -0.2) is 43.0 Å². The SMILES string of the molecule is NCC#Cc1ccccc1C(=O)NC1CN2CCC1CC2. The minimum Gasteiger partial charge on any atom is -0.348 e. The molecule has 1 aromatic carbocycles. The molecule has 0 radical (unpaired) electrons. The number of fused-ring (bicyclic) bond motifs is 3. The van der Waals surface area contributed by atoms with Crippen molar-refractivity contribution >= 4 is 5.91 Å². The molecule has 1 atom stereocenters. The minimum absolute atomic E-state index is 0.0179. The number of nitrogens with one attached hydrogen (secondary N) is 1. The molecule has 110 valence electrons. The summed E-state index contributed by atoms with van der Waals surface area (Å²) in [7, 11) is 0. The zero-order valence-corrected chi connectivity index (χ0v) is 12.1. The Morgan fingerprint density at radius 3 is 2.76 bits per heavy atom. The fourth-order valence-corrected chi connectivity index (χ4v) is 3.31. The van der Waals surface area contributed by atoms with Crippen molar-refractivity contribution in [2.75, 3.05) is 26.2 Å². The average molecular weight is 283 g/mol. The molecule has 0 spiro atoms. The van der Waals surface area contributed by atoms with Gasteiger partial charge in [-0.3, -0.25) is 4.79 Å². The molecule has 2 bridgehead atoms. The molecule has 3 aliphatic rings. The largest absolute Gasteiger partial charge is 0.348 e. The molecule has 4 heteroatoms. The van der Waals surface area contributed by atoms with Crippen molar-refractivity contribution in [1.29, 1.82) is 0 Å². The third kappa shape index (κ3) is 3.10. The van der Waals surface area contributed by atoms with E-state index < -0.39 is 0 Å². The molecule has 3 aliphatic heterocycles. The number of rotatable bonds is 2.